The zero-order valence-corrected chi connectivity index (χ0v) is 26.4. The third kappa shape index (κ3) is 6.72. The minimum Gasteiger partial charge on any atom is -0.481 e. The van der Waals surface area contributed by atoms with Crippen LogP contribution in [0.2, 0.25) is 0 Å². The van der Waals surface area contributed by atoms with Crippen LogP contribution in [0.4, 0.5) is 4.39 Å². The van der Waals surface area contributed by atoms with Crippen LogP contribution in [-0.2, 0) is 50.6 Å². The number of rotatable bonds is 11. The number of carboxylic acid groups (broad SMARTS) is 1. The summed E-state index contributed by atoms with van der Waals surface area (Å²) < 4.78 is 24.9. The molecule has 1 aliphatic rings. The van der Waals surface area contributed by atoms with Crippen molar-refractivity contribution >= 4 is 45.6 Å². The van der Waals surface area contributed by atoms with Gasteiger partial charge in [0.15, 0.2) is 0 Å². The van der Waals surface area contributed by atoms with Gasteiger partial charge < -0.3 is 20.1 Å². The van der Waals surface area contributed by atoms with Gasteiger partial charge in [0, 0.05) is 48.8 Å². The molecule has 6 rings (SSSR count). The lowest BCUT2D eigenvalue weighted by Crippen LogP contribution is -2.38. The van der Waals surface area contributed by atoms with Gasteiger partial charge in [-0.1, -0.05) is 17.3 Å². The number of aromatic nitrogens is 7. The number of esters is 1. The molecule has 0 atom stereocenters. The Morgan fingerprint density at radius 2 is 1.85 bits per heavy atom. The predicted molar refractivity (Wildman–Crippen MR) is 169 cm³/mol. The van der Waals surface area contributed by atoms with Gasteiger partial charge in [-0.3, -0.25) is 28.5 Å². The summed E-state index contributed by atoms with van der Waals surface area (Å²) >= 11 is 0. The molecule has 4 heterocycles. The maximum atomic E-state index is 15.7. The number of amides is 2. The lowest BCUT2D eigenvalue weighted by Gasteiger charge is -2.31. The van der Waals surface area contributed by atoms with E-state index in [4.69, 9.17) is 10.2 Å². The van der Waals surface area contributed by atoms with Crippen molar-refractivity contribution in [1.29, 1.82) is 0 Å². The molecule has 1 fully saturated rings. The highest BCUT2D eigenvalue weighted by molar-refractivity contribution is 6.00. The molecule has 5 aromatic rings. The highest BCUT2D eigenvalue weighted by atomic mass is 19.1. The van der Waals surface area contributed by atoms with Crippen LogP contribution in [0.25, 0.3) is 32.9 Å². The van der Waals surface area contributed by atoms with E-state index >= 15 is 4.39 Å². The first kappa shape index (κ1) is 32.3. The molecule has 1 aliphatic heterocycles. The Labute approximate surface area is 273 Å². The van der Waals surface area contributed by atoms with Crippen molar-refractivity contribution in [3.63, 3.8) is 0 Å². The molecule has 16 heteroatoms. The third-order valence-corrected chi connectivity index (χ3v) is 8.58. The van der Waals surface area contributed by atoms with E-state index in [9.17, 15) is 19.2 Å². The van der Waals surface area contributed by atoms with Crippen molar-refractivity contribution in [2.75, 3.05) is 20.2 Å². The van der Waals surface area contributed by atoms with Crippen LogP contribution in [-0.4, -0.2) is 88.5 Å². The van der Waals surface area contributed by atoms with Gasteiger partial charge in [-0.05, 0) is 36.6 Å². The van der Waals surface area contributed by atoms with E-state index in [1.165, 1.54) is 24.1 Å². The Kier molecular flexibility index (Phi) is 9.14. The molecule has 0 spiro atoms. The molecule has 48 heavy (non-hydrogen) atoms. The number of carboxylic acids is 1. The van der Waals surface area contributed by atoms with Gasteiger partial charge in [-0.25, -0.2) is 9.07 Å². The molecular weight excluding hydrogens is 625 g/mol. The highest BCUT2D eigenvalue weighted by Gasteiger charge is 2.29. The zero-order chi connectivity index (χ0) is 33.9. The molecule has 2 aromatic carbocycles. The fourth-order valence-corrected chi connectivity index (χ4v) is 6.12. The largest absolute Gasteiger partial charge is 0.481 e. The van der Waals surface area contributed by atoms with Crippen molar-refractivity contribution in [3.8, 4) is 11.1 Å². The van der Waals surface area contributed by atoms with E-state index in [-0.39, 0.29) is 50.2 Å². The van der Waals surface area contributed by atoms with Crippen LogP contribution >= 0.6 is 0 Å². The van der Waals surface area contributed by atoms with Gasteiger partial charge in [-0.2, -0.15) is 10.2 Å². The van der Waals surface area contributed by atoms with E-state index in [1.54, 1.807) is 39.6 Å². The quantitative estimate of drug-likeness (QED) is 0.200. The van der Waals surface area contributed by atoms with Gasteiger partial charge in [0.1, 0.15) is 24.6 Å². The van der Waals surface area contributed by atoms with E-state index < -0.39 is 17.8 Å². The third-order valence-electron chi connectivity index (χ3n) is 8.58. The number of fused-ring (bicyclic) bond motifs is 2. The molecular formula is C32H34FN9O6. The van der Waals surface area contributed by atoms with Crippen molar-refractivity contribution in [1.82, 2.24) is 44.8 Å². The van der Waals surface area contributed by atoms with Crippen molar-refractivity contribution in [3.05, 3.63) is 59.9 Å². The number of hydrogen-bond acceptors (Lipinski definition) is 9. The number of nitrogens with zero attached hydrogens (tertiary/aromatic N) is 8. The molecule has 0 radical (unpaired) electrons. The van der Waals surface area contributed by atoms with Gasteiger partial charge in [-0.15, -0.1) is 5.10 Å². The Bertz CT molecular complexity index is 2020. The maximum absolute atomic E-state index is 15.7. The van der Waals surface area contributed by atoms with Crippen LogP contribution in [0.5, 0.6) is 0 Å². The summed E-state index contributed by atoms with van der Waals surface area (Å²) in [6.07, 6.45) is 3.99. The highest BCUT2D eigenvalue weighted by Crippen LogP contribution is 2.39. The van der Waals surface area contributed by atoms with Gasteiger partial charge in [0.25, 0.3) is 0 Å². The summed E-state index contributed by atoms with van der Waals surface area (Å²) in [5, 5.41) is 30.2. The lowest BCUT2D eigenvalue weighted by molar-refractivity contribution is -0.141. The SMILES string of the molecule is COC(=O)Cn1cc(CNC(=O)Cn2nc(C3CCN(C(=O)CCC(=O)O)CC3)c3c(-c4cc5c(cnn5C)cc4F)cccc32)nn1. The average Bonchev–Trinajstić information content (AvgIpc) is 3.79. The average molecular weight is 660 g/mol. The van der Waals surface area contributed by atoms with Crippen LogP contribution in [0.1, 0.15) is 43.0 Å². The first-order chi connectivity index (χ1) is 23.1. The Morgan fingerprint density at radius 1 is 1.06 bits per heavy atom. The smallest absolute Gasteiger partial charge is 0.327 e. The van der Waals surface area contributed by atoms with Gasteiger partial charge >= 0.3 is 11.9 Å². The Balaban J connectivity index is 1.29. The van der Waals surface area contributed by atoms with Crippen LogP contribution in [0.3, 0.4) is 0 Å². The fraction of sp³-hybridized carbons (Fsp3) is 0.375. The van der Waals surface area contributed by atoms with Crippen LogP contribution in [0, 0.1) is 5.82 Å². The predicted octanol–water partition coefficient (Wildman–Crippen LogP) is 2.38. The molecule has 15 nitrogen and oxygen atoms in total. The molecule has 250 valence electrons. The first-order valence-electron chi connectivity index (χ1n) is 15.4. The molecule has 2 amide bonds. The number of carbonyl (C=O) groups excluding carboxylic acids is 3. The Morgan fingerprint density at radius 3 is 2.60 bits per heavy atom. The standard InChI is InChI=1S/C32H34FN9O6/c1-39-26-13-23(24(33)12-20(26)14-35-39)22-4-3-5-25-31(22)32(19-8-10-40(11-9-19)28(44)6-7-29(45)46)37-42(25)17-27(43)34-15-21-16-41(38-36-21)18-30(47)48-2/h3-5,12-14,16,19H,6-11,15,17-18H2,1-2H3,(H,34,43)(H,45,46). The number of methoxy groups -OCH3 is 1. The van der Waals surface area contributed by atoms with Crippen LogP contribution < -0.4 is 5.32 Å². The number of halogens is 1. The fourth-order valence-electron chi connectivity index (χ4n) is 6.12. The summed E-state index contributed by atoms with van der Waals surface area (Å²) in [6, 6.07) is 8.69. The molecule has 1 saturated heterocycles. The molecule has 0 bridgehead atoms. The number of nitrogens with one attached hydrogen (secondary N) is 1. The van der Waals surface area contributed by atoms with E-state index in [0.717, 1.165) is 5.52 Å². The summed E-state index contributed by atoms with van der Waals surface area (Å²) in [5.41, 5.74) is 3.54. The number of ether oxygens (including phenoxy) is 1. The van der Waals surface area contributed by atoms with E-state index in [2.05, 4.69) is 25.5 Å². The summed E-state index contributed by atoms with van der Waals surface area (Å²) in [6.45, 7) is 0.678. The Hall–Kier alpha value is -5.67. The molecule has 2 N–H and O–H groups in total. The molecule has 0 aliphatic carbocycles. The topological polar surface area (TPSA) is 179 Å². The number of hydrogen-bond donors (Lipinski definition) is 2. The van der Waals surface area contributed by atoms with E-state index in [0.29, 0.717) is 64.7 Å². The summed E-state index contributed by atoms with van der Waals surface area (Å²) in [5.74, 6) is -2.57. The second-order valence-corrected chi connectivity index (χ2v) is 11.7. The normalized spacial score (nSPS) is 13.7. The number of benzene rings is 2. The maximum Gasteiger partial charge on any atom is 0.327 e. The first-order valence-corrected chi connectivity index (χ1v) is 15.4. The van der Waals surface area contributed by atoms with Gasteiger partial charge in [0.2, 0.25) is 11.8 Å². The monoisotopic (exact) mass is 659 g/mol. The molecule has 0 saturated carbocycles. The summed E-state index contributed by atoms with van der Waals surface area (Å²) in [4.78, 5) is 50.0. The number of carbonyl (C=O) groups is 4. The van der Waals surface area contributed by atoms with Crippen molar-refractivity contribution < 1.29 is 33.4 Å². The number of aryl methyl sites for hydroxylation is 1. The second kappa shape index (κ2) is 13.6. The number of aliphatic carboxylic acids is 1. The number of likely N-dealkylation sites (tertiary alicyclic amines) is 1. The van der Waals surface area contributed by atoms with Crippen molar-refractivity contribution in [2.24, 2.45) is 7.05 Å². The minimum atomic E-state index is -1.02. The second-order valence-electron chi connectivity index (χ2n) is 11.7. The molecule has 0 unspecified atom stereocenters. The summed E-state index contributed by atoms with van der Waals surface area (Å²) in [7, 11) is 3.07. The lowest BCUT2D eigenvalue weighted by atomic mass is 9.88. The number of piperidine rings is 1. The minimum absolute atomic E-state index is 0.0613. The zero-order valence-electron chi connectivity index (χ0n) is 26.4. The van der Waals surface area contributed by atoms with E-state index in [1.807, 2.05) is 12.1 Å². The molecule has 3 aromatic heterocycles. The van der Waals surface area contributed by atoms with Crippen LogP contribution in [0.15, 0.2) is 42.7 Å². The van der Waals surface area contributed by atoms with Gasteiger partial charge in [0.05, 0.1) is 49.2 Å². The van der Waals surface area contributed by atoms with Crippen molar-refractivity contribution in [2.45, 2.75) is 51.2 Å².